The standard InChI is InChI=1S/C19H28N6/c1-14-11-15(2)25(24-14)18-10-9-16(12-21-18)13-22-19(20-3)23-17-7-5-4-6-8-17/h9-12,17H,4-8,13H2,1-3H3,(H2,20,22,23). The van der Waals surface area contributed by atoms with Crippen molar-refractivity contribution < 1.29 is 0 Å². The van der Waals surface area contributed by atoms with Gasteiger partial charge in [-0.15, -0.1) is 0 Å². The van der Waals surface area contributed by atoms with Crippen LogP contribution in [0.25, 0.3) is 5.82 Å². The van der Waals surface area contributed by atoms with Crippen molar-refractivity contribution in [1.29, 1.82) is 0 Å². The third kappa shape index (κ3) is 4.59. The molecule has 2 aromatic heterocycles. The minimum Gasteiger partial charge on any atom is -0.354 e. The maximum absolute atomic E-state index is 4.54. The zero-order valence-electron chi connectivity index (χ0n) is 15.4. The molecule has 6 heteroatoms. The fourth-order valence-corrected chi connectivity index (χ4v) is 3.33. The van der Waals surface area contributed by atoms with Gasteiger partial charge in [0.2, 0.25) is 0 Å². The van der Waals surface area contributed by atoms with Gasteiger partial charge in [-0.1, -0.05) is 25.3 Å². The molecule has 0 unspecified atom stereocenters. The fourth-order valence-electron chi connectivity index (χ4n) is 3.33. The molecule has 0 radical (unpaired) electrons. The van der Waals surface area contributed by atoms with Gasteiger partial charge in [0, 0.05) is 31.5 Å². The highest BCUT2D eigenvalue weighted by Crippen LogP contribution is 2.17. The van der Waals surface area contributed by atoms with Crippen LogP contribution < -0.4 is 10.6 Å². The molecule has 134 valence electrons. The Morgan fingerprint density at radius 1 is 1.24 bits per heavy atom. The van der Waals surface area contributed by atoms with E-state index in [2.05, 4.69) is 37.8 Å². The number of aliphatic imine (C=N–C) groups is 1. The number of aromatic nitrogens is 3. The number of pyridine rings is 1. The van der Waals surface area contributed by atoms with Gasteiger partial charge in [-0.3, -0.25) is 4.99 Å². The van der Waals surface area contributed by atoms with E-state index in [1.165, 1.54) is 32.1 Å². The Kier molecular flexibility index (Phi) is 5.68. The van der Waals surface area contributed by atoms with Gasteiger partial charge in [0.25, 0.3) is 0 Å². The Morgan fingerprint density at radius 2 is 2.04 bits per heavy atom. The predicted octanol–water partition coefficient (Wildman–Crippen LogP) is 2.88. The molecule has 1 saturated carbocycles. The van der Waals surface area contributed by atoms with Crippen molar-refractivity contribution in [2.75, 3.05) is 7.05 Å². The Morgan fingerprint density at radius 3 is 2.64 bits per heavy atom. The van der Waals surface area contributed by atoms with Gasteiger partial charge in [0.15, 0.2) is 11.8 Å². The van der Waals surface area contributed by atoms with Crippen LogP contribution in [0.5, 0.6) is 0 Å². The number of hydrogen-bond acceptors (Lipinski definition) is 3. The molecule has 2 heterocycles. The molecule has 1 fully saturated rings. The summed E-state index contributed by atoms with van der Waals surface area (Å²) in [5.74, 6) is 1.72. The Labute approximate surface area is 149 Å². The maximum Gasteiger partial charge on any atom is 0.191 e. The number of nitrogens with zero attached hydrogens (tertiary/aromatic N) is 4. The number of hydrogen-bond donors (Lipinski definition) is 2. The Balaban J connectivity index is 1.56. The van der Waals surface area contributed by atoms with Gasteiger partial charge >= 0.3 is 0 Å². The van der Waals surface area contributed by atoms with Crippen LogP contribution in [0.4, 0.5) is 0 Å². The second kappa shape index (κ2) is 8.14. The maximum atomic E-state index is 4.54. The average molecular weight is 340 g/mol. The van der Waals surface area contributed by atoms with Crippen molar-refractivity contribution >= 4 is 5.96 Å². The lowest BCUT2D eigenvalue weighted by molar-refractivity contribution is 0.410. The molecule has 25 heavy (non-hydrogen) atoms. The van der Waals surface area contributed by atoms with Gasteiger partial charge in [0.05, 0.1) is 5.69 Å². The summed E-state index contributed by atoms with van der Waals surface area (Å²) in [6, 6.07) is 6.69. The number of nitrogens with one attached hydrogen (secondary N) is 2. The highest BCUT2D eigenvalue weighted by Gasteiger charge is 2.14. The third-order valence-corrected chi connectivity index (χ3v) is 4.67. The molecule has 1 aliphatic rings. The van der Waals surface area contributed by atoms with Crippen LogP contribution >= 0.6 is 0 Å². The fraction of sp³-hybridized carbons (Fsp3) is 0.526. The Bertz CT molecular complexity index is 710. The largest absolute Gasteiger partial charge is 0.354 e. The second-order valence-corrected chi connectivity index (χ2v) is 6.77. The van der Waals surface area contributed by atoms with E-state index in [4.69, 9.17) is 0 Å². The van der Waals surface area contributed by atoms with Crippen molar-refractivity contribution in [2.45, 2.75) is 58.5 Å². The summed E-state index contributed by atoms with van der Waals surface area (Å²) >= 11 is 0. The number of aryl methyl sites for hydroxylation is 2. The summed E-state index contributed by atoms with van der Waals surface area (Å²) in [6.45, 7) is 4.74. The molecule has 0 bridgehead atoms. The van der Waals surface area contributed by atoms with Crippen molar-refractivity contribution in [3.63, 3.8) is 0 Å². The van der Waals surface area contributed by atoms with Gasteiger partial charge in [0.1, 0.15) is 0 Å². The average Bonchev–Trinajstić information content (AvgIpc) is 2.98. The predicted molar refractivity (Wildman–Crippen MR) is 101 cm³/mol. The van der Waals surface area contributed by atoms with Crippen LogP contribution in [0.15, 0.2) is 29.4 Å². The summed E-state index contributed by atoms with van der Waals surface area (Å²) in [7, 11) is 1.82. The van der Waals surface area contributed by atoms with Crippen molar-refractivity contribution in [2.24, 2.45) is 4.99 Å². The van der Waals surface area contributed by atoms with E-state index in [0.717, 1.165) is 28.7 Å². The van der Waals surface area contributed by atoms with E-state index in [-0.39, 0.29) is 0 Å². The monoisotopic (exact) mass is 340 g/mol. The highest BCUT2D eigenvalue weighted by molar-refractivity contribution is 5.79. The normalized spacial score (nSPS) is 16.0. The summed E-state index contributed by atoms with van der Waals surface area (Å²) < 4.78 is 1.87. The SMILES string of the molecule is CN=C(NCc1ccc(-n2nc(C)cc2C)nc1)NC1CCCCC1. The van der Waals surface area contributed by atoms with Crippen molar-refractivity contribution in [3.05, 3.63) is 41.3 Å². The highest BCUT2D eigenvalue weighted by atomic mass is 15.3. The van der Waals surface area contributed by atoms with Crippen LogP contribution in [0.1, 0.15) is 49.1 Å². The third-order valence-electron chi connectivity index (χ3n) is 4.67. The first-order chi connectivity index (χ1) is 12.2. The Hall–Kier alpha value is -2.37. The lowest BCUT2D eigenvalue weighted by Crippen LogP contribution is -2.43. The second-order valence-electron chi connectivity index (χ2n) is 6.77. The lowest BCUT2D eigenvalue weighted by atomic mass is 9.96. The summed E-state index contributed by atoms with van der Waals surface area (Å²) in [5.41, 5.74) is 3.22. The molecule has 2 N–H and O–H groups in total. The minimum absolute atomic E-state index is 0.548. The first-order valence-corrected chi connectivity index (χ1v) is 9.11. The molecule has 6 nitrogen and oxygen atoms in total. The molecule has 1 aliphatic carbocycles. The zero-order chi connectivity index (χ0) is 17.6. The van der Waals surface area contributed by atoms with Crippen molar-refractivity contribution in [1.82, 2.24) is 25.4 Å². The molecule has 0 atom stereocenters. The van der Waals surface area contributed by atoms with E-state index < -0.39 is 0 Å². The molecule has 0 spiro atoms. The van der Waals surface area contributed by atoms with Gasteiger partial charge in [-0.05, 0) is 44.4 Å². The minimum atomic E-state index is 0.548. The molecular weight excluding hydrogens is 312 g/mol. The number of guanidine groups is 1. The topological polar surface area (TPSA) is 67.1 Å². The summed E-state index contributed by atoms with van der Waals surface area (Å²) in [5, 5.41) is 11.4. The number of rotatable bonds is 4. The molecule has 0 aromatic carbocycles. The van der Waals surface area contributed by atoms with E-state index in [0.29, 0.717) is 12.6 Å². The van der Waals surface area contributed by atoms with Crippen LogP contribution in [-0.4, -0.2) is 33.8 Å². The molecular formula is C19H28N6. The van der Waals surface area contributed by atoms with E-state index in [1.54, 1.807) is 0 Å². The summed E-state index contributed by atoms with van der Waals surface area (Å²) in [4.78, 5) is 8.88. The first-order valence-electron chi connectivity index (χ1n) is 9.11. The molecule has 0 saturated heterocycles. The first kappa shape index (κ1) is 17.5. The van der Waals surface area contributed by atoms with Crippen molar-refractivity contribution in [3.8, 4) is 5.82 Å². The van der Waals surface area contributed by atoms with Crippen LogP contribution in [0.2, 0.25) is 0 Å². The molecule has 0 aliphatic heterocycles. The van der Waals surface area contributed by atoms with Crippen LogP contribution in [0, 0.1) is 13.8 Å². The molecule has 2 aromatic rings. The zero-order valence-corrected chi connectivity index (χ0v) is 15.4. The molecule has 3 rings (SSSR count). The van der Waals surface area contributed by atoms with Crippen LogP contribution in [0.3, 0.4) is 0 Å². The van der Waals surface area contributed by atoms with Gasteiger partial charge < -0.3 is 10.6 Å². The lowest BCUT2D eigenvalue weighted by Gasteiger charge is -2.24. The quantitative estimate of drug-likeness (QED) is 0.663. The molecule has 0 amide bonds. The smallest absolute Gasteiger partial charge is 0.191 e. The van der Waals surface area contributed by atoms with E-state index in [1.807, 2.05) is 37.8 Å². The van der Waals surface area contributed by atoms with Crippen LogP contribution in [-0.2, 0) is 6.54 Å². The summed E-state index contributed by atoms with van der Waals surface area (Å²) in [6.07, 6.45) is 8.35. The van der Waals surface area contributed by atoms with Gasteiger partial charge in [-0.2, -0.15) is 5.10 Å². The van der Waals surface area contributed by atoms with Gasteiger partial charge in [-0.25, -0.2) is 9.67 Å². The van der Waals surface area contributed by atoms with E-state index >= 15 is 0 Å². The van der Waals surface area contributed by atoms with E-state index in [9.17, 15) is 0 Å².